The Hall–Kier alpha value is -2.29. The van der Waals surface area contributed by atoms with Crippen LogP contribution in [-0.2, 0) is 4.79 Å². The van der Waals surface area contributed by atoms with Crippen LogP contribution in [0.25, 0.3) is 0 Å². The molecule has 134 valence electrons. The van der Waals surface area contributed by atoms with E-state index in [1.807, 2.05) is 0 Å². The van der Waals surface area contributed by atoms with Crippen molar-refractivity contribution in [3.63, 3.8) is 0 Å². The van der Waals surface area contributed by atoms with Crippen LogP contribution in [0.2, 0.25) is 5.02 Å². The number of carbonyl (C=O) groups is 2. The molecule has 2 aromatic carbocycles. The number of rotatable bonds is 4. The molecule has 9 heteroatoms. The Kier molecular flexibility index (Phi) is 5.65. The van der Waals surface area contributed by atoms with E-state index in [1.54, 1.807) is 42.5 Å². The number of carboxylic acid groups (broad SMARTS) is 1. The van der Waals surface area contributed by atoms with Crippen LogP contribution in [-0.4, -0.2) is 32.9 Å². The molecule has 0 saturated carbocycles. The first-order valence-electron chi connectivity index (χ1n) is 7.55. The second kappa shape index (κ2) is 7.94. The first-order valence-corrected chi connectivity index (χ1v) is 9.39. The van der Waals surface area contributed by atoms with Gasteiger partial charge in [-0.05, 0) is 30.4 Å². The number of carbonyl (C=O) groups excluding carboxylic acids is 1. The largest absolute Gasteiger partial charge is 0.478 e. The minimum atomic E-state index is -1.04. The average Bonchev–Trinajstić information content (AvgIpc) is 2.97. The number of hydrazine groups is 1. The topological polar surface area (TPSA) is 81.7 Å². The summed E-state index contributed by atoms with van der Waals surface area (Å²) in [5.74, 6) is -1.01. The predicted molar refractivity (Wildman–Crippen MR) is 106 cm³/mol. The zero-order valence-corrected chi connectivity index (χ0v) is 15.7. The lowest BCUT2D eigenvalue weighted by molar-refractivity contribution is -0.129. The summed E-state index contributed by atoms with van der Waals surface area (Å²) in [6, 6.07) is 13.7. The van der Waals surface area contributed by atoms with Gasteiger partial charge in [0.05, 0.1) is 22.0 Å². The van der Waals surface area contributed by atoms with Gasteiger partial charge in [0.1, 0.15) is 5.37 Å². The van der Waals surface area contributed by atoms with Crippen molar-refractivity contribution in [1.82, 2.24) is 10.4 Å². The summed E-state index contributed by atoms with van der Waals surface area (Å²) in [5.41, 5.74) is 4.14. The summed E-state index contributed by atoms with van der Waals surface area (Å²) >= 11 is 12.7. The molecule has 2 aromatic rings. The highest BCUT2D eigenvalue weighted by atomic mass is 35.5. The molecule has 6 nitrogen and oxygen atoms in total. The lowest BCUT2D eigenvalue weighted by Gasteiger charge is -2.27. The van der Waals surface area contributed by atoms with Crippen molar-refractivity contribution in [3.8, 4) is 0 Å². The molecular formula is C17H14ClN3O3S2. The van der Waals surface area contributed by atoms with E-state index < -0.39 is 11.3 Å². The van der Waals surface area contributed by atoms with Gasteiger partial charge in [-0.2, -0.15) is 0 Å². The van der Waals surface area contributed by atoms with Crippen LogP contribution in [0.4, 0.5) is 5.69 Å². The minimum Gasteiger partial charge on any atom is -0.478 e. The number of anilines is 1. The summed E-state index contributed by atoms with van der Waals surface area (Å²) in [5, 5.41) is 13.9. The van der Waals surface area contributed by atoms with Gasteiger partial charge in [0.15, 0.2) is 5.11 Å². The molecule has 3 rings (SSSR count). The summed E-state index contributed by atoms with van der Waals surface area (Å²) in [7, 11) is 0. The molecule has 1 aliphatic heterocycles. The van der Waals surface area contributed by atoms with Crippen LogP contribution >= 0.6 is 35.6 Å². The van der Waals surface area contributed by atoms with Crippen LogP contribution in [0.15, 0.2) is 48.5 Å². The number of benzene rings is 2. The molecule has 1 aliphatic rings. The molecule has 1 heterocycles. The third-order valence-electron chi connectivity index (χ3n) is 3.67. The lowest BCUT2D eigenvalue weighted by atomic mass is 10.1. The van der Waals surface area contributed by atoms with Crippen LogP contribution in [0.5, 0.6) is 0 Å². The van der Waals surface area contributed by atoms with E-state index in [-0.39, 0.29) is 22.3 Å². The molecule has 0 spiro atoms. The third-order valence-corrected chi connectivity index (χ3v) is 5.39. The summed E-state index contributed by atoms with van der Waals surface area (Å²) in [6.45, 7) is 0. The molecule has 1 amide bonds. The van der Waals surface area contributed by atoms with E-state index in [9.17, 15) is 14.7 Å². The molecular weight excluding hydrogens is 394 g/mol. The third kappa shape index (κ3) is 3.92. The Morgan fingerprint density at radius 1 is 1.23 bits per heavy atom. The highest BCUT2D eigenvalue weighted by Crippen LogP contribution is 2.38. The molecule has 0 aromatic heterocycles. The maximum absolute atomic E-state index is 12.3. The zero-order chi connectivity index (χ0) is 18.7. The first kappa shape index (κ1) is 18.5. The second-order valence-corrected chi connectivity index (χ2v) is 7.25. The van der Waals surface area contributed by atoms with Crippen molar-refractivity contribution in [1.29, 1.82) is 0 Å². The van der Waals surface area contributed by atoms with E-state index in [4.69, 9.17) is 23.8 Å². The van der Waals surface area contributed by atoms with Gasteiger partial charge in [-0.15, -0.1) is 11.8 Å². The maximum Gasteiger partial charge on any atom is 0.336 e. The number of amides is 1. The van der Waals surface area contributed by atoms with Gasteiger partial charge in [-0.25, -0.2) is 9.80 Å². The van der Waals surface area contributed by atoms with Crippen molar-refractivity contribution in [2.75, 3.05) is 11.1 Å². The van der Waals surface area contributed by atoms with E-state index >= 15 is 0 Å². The second-order valence-electron chi connectivity index (χ2n) is 5.37. The van der Waals surface area contributed by atoms with Gasteiger partial charge in [0.2, 0.25) is 0 Å². The first-order chi connectivity index (χ1) is 12.5. The van der Waals surface area contributed by atoms with Crippen molar-refractivity contribution in [3.05, 3.63) is 64.7 Å². The van der Waals surface area contributed by atoms with Gasteiger partial charge in [0.25, 0.3) is 5.91 Å². The fourth-order valence-corrected chi connectivity index (χ4v) is 4.04. The molecule has 0 bridgehead atoms. The molecule has 0 radical (unpaired) electrons. The van der Waals surface area contributed by atoms with Crippen molar-refractivity contribution in [2.45, 2.75) is 5.37 Å². The maximum atomic E-state index is 12.3. The normalized spacial score (nSPS) is 16.4. The van der Waals surface area contributed by atoms with Crippen LogP contribution in [0.1, 0.15) is 21.3 Å². The number of para-hydroxylation sites is 1. The molecule has 0 unspecified atom stereocenters. The van der Waals surface area contributed by atoms with E-state index in [2.05, 4.69) is 10.7 Å². The average molecular weight is 408 g/mol. The lowest BCUT2D eigenvalue weighted by Crippen LogP contribution is -2.46. The van der Waals surface area contributed by atoms with E-state index in [1.165, 1.54) is 22.8 Å². The Balaban J connectivity index is 1.80. The Morgan fingerprint density at radius 2 is 1.92 bits per heavy atom. The molecule has 1 saturated heterocycles. The summed E-state index contributed by atoms with van der Waals surface area (Å²) < 4.78 is 0. The fraction of sp³-hybridized carbons (Fsp3) is 0.118. The quantitative estimate of drug-likeness (QED) is 0.669. The SMILES string of the molecule is O=C(O)c1ccccc1[C@H]1SCC(=O)N1NC(=S)Nc1ccccc1Cl. The fourth-order valence-electron chi connectivity index (χ4n) is 2.50. The van der Waals surface area contributed by atoms with Crippen LogP contribution in [0, 0.1) is 0 Å². The van der Waals surface area contributed by atoms with E-state index in [0.29, 0.717) is 16.3 Å². The summed E-state index contributed by atoms with van der Waals surface area (Å²) in [4.78, 5) is 23.8. The molecule has 1 fully saturated rings. The van der Waals surface area contributed by atoms with Crippen LogP contribution < -0.4 is 10.7 Å². The number of thiocarbonyl (C=S) groups is 1. The van der Waals surface area contributed by atoms with Gasteiger partial charge < -0.3 is 10.4 Å². The number of carboxylic acids is 1. The molecule has 1 atom stereocenters. The van der Waals surface area contributed by atoms with Gasteiger partial charge in [-0.1, -0.05) is 41.9 Å². The highest BCUT2D eigenvalue weighted by molar-refractivity contribution is 8.00. The molecule has 3 N–H and O–H groups in total. The predicted octanol–water partition coefficient (Wildman–Crippen LogP) is 3.51. The summed E-state index contributed by atoms with van der Waals surface area (Å²) in [6.07, 6.45) is 0. The number of nitrogens with zero attached hydrogens (tertiary/aromatic N) is 1. The number of hydrogen-bond acceptors (Lipinski definition) is 4. The number of hydrogen-bond donors (Lipinski definition) is 3. The molecule has 26 heavy (non-hydrogen) atoms. The monoisotopic (exact) mass is 407 g/mol. The van der Waals surface area contributed by atoms with Gasteiger partial charge >= 0.3 is 5.97 Å². The van der Waals surface area contributed by atoms with Crippen molar-refractivity contribution >= 4 is 58.3 Å². The highest BCUT2D eigenvalue weighted by Gasteiger charge is 2.35. The standard InChI is InChI=1S/C17H14ClN3O3S2/c18-12-7-3-4-8-13(12)19-17(25)20-21-14(22)9-26-15(21)10-5-1-2-6-11(10)16(23)24/h1-8,15H,9H2,(H,23,24)(H2,19,20,25)/t15-/m1/s1. The van der Waals surface area contributed by atoms with Gasteiger partial charge in [0, 0.05) is 5.56 Å². The van der Waals surface area contributed by atoms with Crippen molar-refractivity contribution in [2.24, 2.45) is 0 Å². The molecule has 0 aliphatic carbocycles. The Bertz CT molecular complexity index is 878. The smallest absolute Gasteiger partial charge is 0.336 e. The van der Waals surface area contributed by atoms with Crippen LogP contribution in [0.3, 0.4) is 0 Å². The Morgan fingerprint density at radius 3 is 2.65 bits per heavy atom. The number of aromatic carboxylic acids is 1. The zero-order valence-electron chi connectivity index (χ0n) is 13.3. The number of thioether (sulfide) groups is 1. The Labute approximate surface area is 164 Å². The van der Waals surface area contributed by atoms with Gasteiger partial charge in [-0.3, -0.25) is 10.2 Å². The van der Waals surface area contributed by atoms with Crippen molar-refractivity contribution < 1.29 is 14.7 Å². The number of halogens is 1. The number of nitrogens with one attached hydrogen (secondary N) is 2. The minimum absolute atomic E-state index is 0.150. The van der Waals surface area contributed by atoms with E-state index in [0.717, 1.165) is 0 Å².